The summed E-state index contributed by atoms with van der Waals surface area (Å²) in [4.78, 5) is 31.7. The van der Waals surface area contributed by atoms with Crippen molar-refractivity contribution in [3.8, 4) is 0 Å². The lowest BCUT2D eigenvalue weighted by molar-refractivity contribution is -0.140. The Morgan fingerprint density at radius 2 is 2.12 bits per heavy atom. The predicted molar refractivity (Wildman–Crippen MR) is 89.4 cm³/mol. The summed E-state index contributed by atoms with van der Waals surface area (Å²) >= 11 is 3.90. The van der Waals surface area contributed by atoms with E-state index in [1.54, 1.807) is 18.2 Å². The molecule has 0 aliphatic heterocycles. The minimum atomic E-state index is -4.58. The van der Waals surface area contributed by atoms with Gasteiger partial charge in [0.1, 0.15) is 6.54 Å². The van der Waals surface area contributed by atoms with Crippen LogP contribution in [0.25, 0.3) is 10.9 Å². The van der Waals surface area contributed by atoms with Crippen LogP contribution >= 0.6 is 27.3 Å². The van der Waals surface area contributed by atoms with E-state index in [-0.39, 0.29) is 5.13 Å². The highest BCUT2D eigenvalue weighted by atomic mass is 79.9. The number of anilines is 1. The number of thiazole rings is 1. The maximum Gasteiger partial charge on any atom is 0.434 e. The molecule has 0 unspecified atom stereocenters. The Morgan fingerprint density at radius 3 is 2.80 bits per heavy atom. The van der Waals surface area contributed by atoms with E-state index >= 15 is 0 Å². The van der Waals surface area contributed by atoms with Gasteiger partial charge in [-0.05, 0) is 18.2 Å². The number of amides is 1. The van der Waals surface area contributed by atoms with Gasteiger partial charge in [-0.15, -0.1) is 11.3 Å². The summed E-state index contributed by atoms with van der Waals surface area (Å²) < 4.78 is 39.2. The summed E-state index contributed by atoms with van der Waals surface area (Å²) in [6.07, 6.45) is -3.37. The molecule has 0 atom stereocenters. The van der Waals surface area contributed by atoms with E-state index in [1.807, 2.05) is 0 Å². The molecule has 0 radical (unpaired) electrons. The average molecular weight is 433 g/mol. The van der Waals surface area contributed by atoms with Gasteiger partial charge in [0.2, 0.25) is 5.91 Å². The van der Waals surface area contributed by atoms with Crippen LogP contribution < -0.4 is 10.9 Å². The highest BCUT2D eigenvalue weighted by Gasteiger charge is 2.33. The van der Waals surface area contributed by atoms with Gasteiger partial charge in [-0.25, -0.2) is 9.97 Å². The van der Waals surface area contributed by atoms with Gasteiger partial charge in [0.25, 0.3) is 5.56 Å². The van der Waals surface area contributed by atoms with Crippen LogP contribution in [-0.4, -0.2) is 20.4 Å². The zero-order valence-electron chi connectivity index (χ0n) is 12.2. The molecule has 6 nitrogen and oxygen atoms in total. The monoisotopic (exact) mass is 432 g/mol. The Hall–Kier alpha value is -2.27. The van der Waals surface area contributed by atoms with E-state index in [9.17, 15) is 22.8 Å². The molecule has 0 bridgehead atoms. The second-order valence-corrected chi connectivity index (χ2v) is 6.70. The van der Waals surface area contributed by atoms with Gasteiger partial charge >= 0.3 is 6.18 Å². The highest BCUT2D eigenvalue weighted by Crippen LogP contribution is 2.31. The van der Waals surface area contributed by atoms with Crippen molar-refractivity contribution in [1.82, 2.24) is 14.5 Å². The SMILES string of the molecule is O=C(Cn1cnc2ccc(Br)cc2c1=O)Nc1nc(C(F)(F)F)cs1. The van der Waals surface area contributed by atoms with Crippen LogP contribution in [0.15, 0.2) is 39.2 Å². The number of aromatic nitrogens is 3. The van der Waals surface area contributed by atoms with Crippen molar-refractivity contribution >= 4 is 49.2 Å². The van der Waals surface area contributed by atoms with Crippen molar-refractivity contribution < 1.29 is 18.0 Å². The molecule has 1 amide bonds. The molecule has 0 aliphatic carbocycles. The Bertz CT molecular complexity index is 1020. The molecule has 3 aromatic rings. The van der Waals surface area contributed by atoms with Crippen molar-refractivity contribution in [2.24, 2.45) is 0 Å². The number of halogens is 4. The lowest BCUT2D eigenvalue weighted by Gasteiger charge is -2.06. The number of hydrogen-bond acceptors (Lipinski definition) is 5. The fourth-order valence-electron chi connectivity index (χ4n) is 2.02. The van der Waals surface area contributed by atoms with Crippen LogP contribution in [0.4, 0.5) is 18.3 Å². The quantitative estimate of drug-likeness (QED) is 0.688. The van der Waals surface area contributed by atoms with Crippen LogP contribution in [-0.2, 0) is 17.5 Å². The number of nitrogens with one attached hydrogen (secondary N) is 1. The summed E-state index contributed by atoms with van der Waals surface area (Å²) in [6.45, 7) is -0.394. The number of rotatable bonds is 3. The smallest absolute Gasteiger partial charge is 0.300 e. The molecular weight excluding hydrogens is 425 g/mol. The third-order valence-corrected chi connectivity index (χ3v) is 4.39. The maximum atomic E-state index is 12.5. The molecule has 1 N–H and O–H groups in total. The van der Waals surface area contributed by atoms with E-state index in [4.69, 9.17) is 0 Å². The summed E-state index contributed by atoms with van der Waals surface area (Å²) in [6, 6.07) is 4.96. The topological polar surface area (TPSA) is 76.9 Å². The molecule has 0 fully saturated rings. The molecule has 11 heteroatoms. The Balaban J connectivity index is 1.79. The minimum absolute atomic E-state index is 0.193. The number of nitrogens with zero attached hydrogens (tertiary/aromatic N) is 3. The molecule has 130 valence electrons. The second-order valence-electron chi connectivity index (χ2n) is 4.92. The fourth-order valence-corrected chi connectivity index (χ4v) is 3.11. The summed E-state index contributed by atoms with van der Waals surface area (Å²) in [5.41, 5.74) is -1.04. The lowest BCUT2D eigenvalue weighted by Crippen LogP contribution is -2.28. The maximum absolute atomic E-state index is 12.5. The van der Waals surface area contributed by atoms with Crippen molar-refractivity contribution in [3.63, 3.8) is 0 Å². The summed E-state index contributed by atoms with van der Waals surface area (Å²) in [7, 11) is 0. The number of benzene rings is 1. The molecular formula is C14H8BrF3N4O2S. The first-order valence-electron chi connectivity index (χ1n) is 6.71. The Labute approximate surface area is 150 Å². The zero-order valence-corrected chi connectivity index (χ0v) is 14.6. The van der Waals surface area contributed by atoms with E-state index in [2.05, 4.69) is 31.2 Å². The third-order valence-electron chi connectivity index (χ3n) is 3.14. The largest absolute Gasteiger partial charge is 0.434 e. The fraction of sp³-hybridized carbons (Fsp3) is 0.143. The van der Waals surface area contributed by atoms with Crippen LogP contribution in [0, 0.1) is 0 Å². The molecule has 0 saturated carbocycles. The van der Waals surface area contributed by atoms with Crippen molar-refractivity contribution in [2.45, 2.75) is 12.7 Å². The van der Waals surface area contributed by atoms with Crippen molar-refractivity contribution in [1.29, 1.82) is 0 Å². The molecule has 2 aromatic heterocycles. The van der Waals surface area contributed by atoms with E-state index < -0.39 is 29.9 Å². The van der Waals surface area contributed by atoms with Gasteiger partial charge < -0.3 is 5.32 Å². The van der Waals surface area contributed by atoms with E-state index in [0.717, 1.165) is 9.95 Å². The van der Waals surface area contributed by atoms with Crippen molar-refractivity contribution in [3.05, 3.63) is 50.4 Å². The summed E-state index contributed by atoms with van der Waals surface area (Å²) in [5, 5.41) is 3.17. The van der Waals surface area contributed by atoms with Crippen LogP contribution in [0.3, 0.4) is 0 Å². The standard InChI is InChI=1S/C14H8BrF3N4O2S/c15-7-1-2-9-8(3-7)12(24)22(6-19-9)4-11(23)21-13-20-10(5-25-13)14(16,17)18/h1-3,5-6H,4H2,(H,20,21,23). The average Bonchev–Trinajstić information content (AvgIpc) is 2.99. The number of hydrogen-bond donors (Lipinski definition) is 1. The summed E-state index contributed by atoms with van der Waals surface area (Å²) in [5.74, 6) is -0.679. The van der Waals surface area contributed by atoms with Gasteiger partial charge in [0, 0.05) is 9.85 Å². The first-order valence-corrected chi connectivity index (χ1v) is 8.38. The molecule has 0 aliphatic rings. The van der Waals surface area contributed by atoms with Crippen LogP contribution in [0.1, 0.15) is 5.69 Å². The van der Waals surface area contributed by atoms with E-state index in [0.29, 0.717) is 26.7 Å². The lowest BCUT2D eigenvalue weighted by atomic mass is 10.2. The van der Waals surface area contributed by atoms with E-state index in [1.165, 1.54) is 6.33 Å². The molecule has 3 rings (SSSR count). The molecule has 0 spiro atoms. The first kappa shape index (κ1) is 17.5. The Morgan fingerprint density at radius 1 is 1.36 bits per heavy atom. The molecule has 2 heterocycles. The van der Waals surface area contributed by atoms with Gasteiger partial charge in [-0.3, -0.25) is 14.2 Å². The van der Waals surface area contributed by atoms with Gasteiger partial charge in [0.05, 0.1) is 17.2 Å². The third kappa shape index (κ3) is 3.87. The number of alkyl halides is 3. The minimum Gasteiger partial charge on any atom is -0.300 e. The molecule has 1 aromatic carbocycles. The molecule has 0 saturated heterocycles. The van der Waals surface area contributed by atoms with Gasteiger partial charge in [-0.2, -0.15) is 13.2 Å². The molecule has 25 heavy (non-hydrogen) atoms. The van der Waals surface area contributed by atoms with Crippen molar-refractivity contribution in [2.75, 3.05) is 5.32 Å². The number of fused-ring (bicyclic) bond motifs is 1. The second kappa shape index (κ2) is 6.56. The van der Waals surface area contributed by atoms with Gasteiger partial charge in [-0.1, -0.05) is 15.9 Å². The zero-order chi connectivity index (χ0) is 18.2. The normalized spacial score (nSPS) is 11.7. The van der Waals surface area contributed by atoms with Crippen LogP contribution in [0.2, 0.25) is 0 Å². The first-order chi connectivity index (χ1) is 11.7. The Kier molecular flexibility index (Phi) is 4.60. The highest BCUT2D eigenvalue weighted by molar-refractivity contribution is 9.10. The van der Waals surface area contributed by atoms with Crippen LogP contribution in [0.5, 0.6) is 0 Å². The predicted octanol–water partition coefficient (Wildman–Crippen LogP) is 3.27. The van der Waals surface area contributed by atoms with Gasteiger partial charge in [0.15, 0.2) is 10.8 Å². The number of carbonyl (C=O) groups excluding carboxylic acids is 1. The number of carbonyl (C=O) groups is 1.